The molecule has 6 heteroatoms. The number of nitrogens with zero attached hydrogens (tertiary/aromatic N) is 1. The smallest absolute Gasteiger partial charge is 0.262 e. The number of aryl methyl sites for hydroxylation is 1. The summed E-state index contributed by atoms with van der Waals surface area (Å²) >= 11 is 0. The Bertz CT molecular complexity index is 784. The fourth-order valence-electron chi connectivity index (χ4n) is 1.98. The number of rotatable bonds is 6. The Balaban J connectivity index is 2.00. The van der Waals surface area contributed by atoms with Gasteiger partial charge in [-0.2, -0.15) is 5.26 Å². The molecule has 0 unspecified atom stereocenters. The number of ether oxygens (including phenoxy) is 2. The van der Waals surface area contributed by atoms with E-state index in [1.165, 1.54) is 6.07 Å². The molecule has 2 rings (SSSR count). The van der Waals surface area contributed by atoms with E-state index < -0.39 is 5.91 Å². The summed E-state index contributed by atoms with van der Waals surface area (Å²) in [5.74, 6) is -0.0590. The Morgan fingerprint density at radius 3 is 2.67 bits per heavy atom. The highest BCUT2D eigenvalue weighted by molar-refractivity contribution is 5.91. The predicted octanol–water partition coefficient (Wildman–Crippen LogP) is 3.42. The summed E-state index contributed by atoms with van der Waals surface area (Å²) in [7, 11) is 0. The second kappa shape index (κ2) is 7.97. The number of benzene rings is 2. The minimum Gasteiger partial charge on any atom is -0.490 e. The standard InChI is InChI=1S/C18H17FN2O3/c1-3-23-17-8-13(10-20)5-7-16(17)24-11-18(22)21-14-6-4-12(2)15(19)9-14/h4-9H,3,11H2,1-2H3,(H,21,22). The van der Waals surface area contributed by atoms with E-state index >= 15 is 0 Å². The lowest BCUT2D eigenvalue weighted by Crippen LogP contribution is -2.20. The van der Waals surface area contributed by atoms with Crippen molar-refractivity contribution in [3.8, 4) is 17.6 Å². The van der Waals surface area contributed by atoms with Crippen LogP contribution in [0.4, 0.5) is 10.1 Å². The van der Waals surface area contributed by atoms with E-state index in [1.54, 1.807) is 37.3 Å². The van der Waals surface area contributed by atoms with Crippen molar-refractivity contribution in [1.29, 1.82) is 5.26 Å². The molecule has 0 bridgehead atoms. The van der Waals surface area contributed by atoms with E-state index in [1.807, 2.05) is 13.0 Å². The molecule has 0 spiro atoms. The minimum absolute atomic E-state index is 0.262. The molecular weight excluding hydrogens is 311 g/mol. The van der Waals surface area contributed by atoms with E-state index in [4.69, 9.17) is 14.7 Å². The number of carbonyl (C=O) groups is 1. The van der Waals surface area contributed by atoms with Crippen LogP contribution in [0.5, 0.6) is 11.5 Å². The minimum atomic E-state index is -0.426. The van der Waals surface area contributed by atoms with Crippen LogP contribution < -0.4 is 14.8 Å². The van der Waals surface area contributed by atoms with Gasteiger partial charge in [0.15, 0.2) is 18.1 Å². The van der Waals surface area contributed by atoms with Crippen LogP contribution in [0.25, 0.3) is 0 Å². The molecule has 5 nitrogen and oxygen atoms in total. The molecule has 0 saturated heterocycles. The zero-order valence-electron chi connectivity index (χ0n) is 13.4. The molecule has 0 heterocycles. The number of nitriles is 1. The van der Waals surface area contributed by atoms with Crippen molar-refractivity contribution in [2.75, 3.05) is 18.5 Å². The zero-order chi connectivity index (χ0) is 17.5. The number of amides is 1. The molecule has 24 heavy (non-hydrogen) atoms. The first kappa shape index (κ1) is 17.3. The lowest BCUT2D eigenvalue weighted by atomic mass is 10.2. The summed E-state index contributed by atoms with van der Waals surface area (Å²) in [6.45, 7) is 3.59. The van der Waals surface area contributed by atoms with Crippen molar-refractivity contribution in [1.82, 2.24) is 0 Å². The summed E-state index contributed by atoms with van der Waals surface area (Å²) in [4.78, 5) is 11.9. The van der Waals surface area contributed by atoms with E-state index in [9.17, 15) is 9.18 Å². The molecule has 124 valence electrons. The monoisotopic (exact) mass is 328 g/mol. The number of carbonyl (C=O) groups excluding carboxylic acids is 1. The number of hydrogen-bond donors (Lipinski definition) is 1. The first-order chi connectivity index (χ1) is 11.5. The van der Waals surface area contributed by atoms with Crippen LogP contribution in [0.3, 0.4) is 0 Å². The molecule has 2 aromatic rings. The van der Waals surface area contributed by atoms with Gasteiger partial charge in [0, 0.05) is 11.8 Å². The molecular formula is C18H17FN2O3. The molecule has 0 saturated carbocycles. The summed E-state index contributed by atoms with van der Waals surface area (Å²) in [6, 6.07) is 11.2. The number of hydrogen-bond acceptors (Lipinski definition) is 4. The highest BCUT2D eigenvalue weighted by Crippen LogP contribution is 2.28. The fraction of sp³-hybridized carbons (Fsp3) is 0.222. The van der Waals surface area contributed by atoms with Gasteiger partial charge in [-0.25, -0.2) is 4.39 Å². The maximum absolute atomic E-state index is 13.5. The Kier molecular flexibility index (Phi) is 5.74. The SMILES string of the molecule is CCOc1cc(C#N)ccc1OCC(=O)Nc1ccc(C)c(F)c1. The molecule has 0 aliphatic carbocycles. The predicted molar refractivity (Wildman–Crippen MR) is 87.6 cm³/mol. The fourth-order valence-corrected chi connectivity index (χ4v) is 1.98. The van der Waals surface area contributed by atoms with E-state index in [0.717, 1.165) is 0 Å². The van der Waals surface area contributed by atoms with E-state index in [-0.39, 0.29) is 12.4 Å². The lowest BCUT2D eigenvalue weighted by Gasteiger charge is -2.12. The molecule has 1 N–H and O–H groups in total. The highest BCUT2D eigenvalue weighted by atomic mass is 19.1. The van der Waals surface area contributed by atoms with Gasteiger partial charge in [0.25, 0.3) is 5.91 Å². The topological polar surface area (TPSA) is 71.3 Å². The molecule has 2 aromatic carbocycles. The quantitative estimate of drug-likeness (QED) is 0.882. The summed E-state index contributed by atoms with van der Waals surface area (Å²) in [5.41, 5.74) is 1.30. The average Bonchev–Trinajstić information content (AvgIpc) is 2.57. The number of halogens is 1. The maximum Gasteiger partial charge on any atom is 0.262 e. The van der Waals surface area contributed by atoms with Gasteiger partial charge in [-0.05, 0) is 43.7 Å². The number of nitrogens with one attached hydrogen (secondary N) is 1. The first-order valence-electron chi connectivity index (χ1n) is 7.39. The van der Waals surface area contributed by atoms with Gasteiger partial charge in [-0.15, -0.1) is 0 Å². The highest BCUT2D eigenvalue weighted by Gasteiger charge is 2.10. The van der Waals surface area contributed by atoms with Gasteiger partial charge < -0.3 is 14.8 Å². The van der Waals surface area contributed by atoms with Crippen molar-refractivity contribution in [3.05, 3.63) is 53.3 Å². The summed E-state index contributed by atoms with van der Waals surface area (Å²) < 4.78 is 24.3. The molecule has 1 amide bonds. The third-order valence-corrected chi connectivity index (χ3v) is 3.19. The molecule has 0 radical (unpaired) electrons. The Labute approximate surface area is 139 Å². The Hall–Kier alpha value is -3.07. The normalized spacial score (nSPS) is 9.92. The third-order valence-electron chi connectivity index (χ3n) is 3.19. The van der Waals surface area contributed by atoms with Crippen molar-refractivity contribution in [2.45, 2.75) is 13.8 Å². The van der Waals surface area contributed by atoms with Crippen LogP contribution in [0, 0.1) is 24.1 Å². The van der Waals surface area contributed by atoms with Crippen molar-refractivity contribution in [3.63, 3.8) is 0 Å². The van der Waals surface area contributed by atoms with Crippen LogP contribution in [-0.4, -0.2) is 19.1 Å². The van der Waals surface area contributed by atoms with Gasteiger partial charge in [0.05, 0.1) is 18.2 Å². The van der Waals surface area contributed by atoms with Gasteiger partial charge in [0.2, 0.25) is 0 Å². The second-order valence-corrected chi connectivity index (χ2v) is 5.01. The van der Waals surface area contributed by atoms with Crippen LogP contribution in [-0.2, 0) is 4.79 Å². The molecule has 0 atom stereocenters. The zero-order valence-corrected chi connectivity index (χ0v) is 13.4. The maximum atomic E-state index is 13.5. The lowest BCUT2D eigenvalue weighted by molar-refractivity contribution is -0.118. The van der Waals surface area contributed by atoms with Gasteiger partial charge in [-0.3, -0.25) is 4.79 Å². The molecule has 0 aliphatic rings. The van der Waals surface area contributed by atoms with E-state index in [2.05, 4.69) is 5.32 Å². The molecule has 0 aliphatic heterocycles. The van der Waals surface area contributed by atoms with Gasteiger partial charge >= 0.3 is 0 Å². The third kappa shape index (κ3) is 4.46. The summed E-state index contributed by atoms with van der Waals surface area (Å²) in [5, 5.41) is 11.5. The van der Waals surface area contributed by atoms with E-state index in [0.29, 0.717) is 34.9 Å². The average molecular weight is 328 g/mol. The Morgan fingerprint density at radius 1 is 1.21 bits per heavy atom. The van der Waals surface area contributed by atoms with Crippen LogP contribution in [0.1, 0.15) is 18.1 Å². The largest absolute Gasteiger partial charge is 0.490 e. The first-order valence-corrected chi connectivity index (χ1v) is 7.39. The van der Waals surface area contributed by atoms with Crippen LogP contribution in [0.15, 0.2) is 36.4 Å². The van der Waals surface area contributed by atoms with Gasteiger partial charge in [-0.1, -0.05) is 6.07 Å². The van der Waals surface area contributed by atoms with Crippen molar-refractivity contribution in [2.24, 2.45) is 0 Å². The van der Waals surface area contributed by atoms with Crippen LogP contribution in [0.2, 0.25) is 0 Å². The van der Waals surface area contributed by atoms with Gasteiger partial charge in [0.1, 0.15) is 5.82 Å². The van der Waals surface area contributed by atoms with Crippen LogP contribution >= 0.6 is 0 Å². The van der Waals surface area contributed by atoms with Crippen molar-refractivity contribution < 1.29 is 18.7 Å². The summed E-state index contributed by atoms with van der Waals surface area (Å²) in [6.07, 6.45) is 0. The number of anilines is 1. The molecule has 0 fully saturated rings. The molecule has 0 aromatic heterocycles. The second-order valence-electron chi connectivity index (χ2n) is 5.01. The van der Waals surface area contributed by atoms with Crippen molar-refractivity contribution >= 4 is 11.6 Å². The Morgan fingerprint density at radius 2 is 2.00 bits per heavy atom.